The topological polar surface area (TPSA) is 100 Å². The lowest BCUT2D eigenvalue weighted by atomic mass is 9.86. The molecule has 1 saturated carbocycles. The largest absolute Gasteiger partial charge is 0.459 e. The Morgan fingerprint density at radius 1 is 1.13 bits per heavy atom. The van der Waals surface area contributed by atoms with Gasteiger partial charge >= 0.3 is 0 Å². The Morgan fingerprint density at radius 3 is 2.57 bits per heavy atom. The molecule has 1 heterocycles. The zero-order valence-electron chi connectivity index (χ0n) is 13.3. The molecule has 0 unspecified atom stereocenters. The zero-order chi connectivity index (χ0) is 16.7. The maximum atomic E-state index is 11.9. The average Bonchev–Trinajstić information content (AvgIpc) is 3.07. The first-order valence-corrected chi connectivity index (χ1v) is 7.94. The van der Waals surface area contributed by atoms with Crippen molar-refractivity contribution in [3.63, 3.8) is 0 Å². The molecule has 0 aliphatic heterocycles. The third-order valence-corrected chi connectivity index (χ3v) is 4.06. The average molecular weight is 321 g/mol. The number of hydrogen-bond acceptors (Lipinski definition) is 4. The molecule has 0 spiro atoms. The second-order valence-electron chi connectivity index (χ2n) is 5.87. The Kier molecular flexibility index (Phi) is 6.19. The van der Waals surface area contributed by atoms with Crippen molar-refractivity contribution in [3.05, 3.63) is 24.2 Å². The van der Waals surface area contributed by atoms with E-state index in [4.69, 9.17) is 4.42 Å². The summed E-state index contributed by atoms with van der Waals surface area (Å²) in [6, 6.07) is 3.28. The lowest BCUT2D eigenvalue weighted by Crippen LogP contribution is -2.47. The highest BCUT2D eigenvalue weighted by Gasteiger charge is 2.22. The maximum absolute atomic E-state index is 11.9. The first-order chi connectivity index (χ1) is 11.1. The number of hydrogen-bond donors (Lipinski definition) is 3. The summed E-state index contributed by atoms with van der Waals surface area (Å²) in [6.45, 7) is 1.85. The summed E-state index contributed by atoms with van der Waals surface area (Å²) in [4.78, 5) is 35.1. The van der Waals surface area contributed by atoms with E-state index in [2.05, 4.69) is 22.9 Å². The van der Waals surface area contributed by atoms with Gasteiger partial charge in [0.25, 0.3) is 5.91 Å². The van der Waals surface area contributed by atoms with E-state index in [0.29, 0.717) is 5.92 Å². The Hall–Kier alpha value is -2.31. The fraction of sp³-hybridized carbons (Fsp3) is 0.562. The molecule has 2 rings (SSSR count). The zero-order valence-corrected chi connectivity index (χ0v) is 13.3. The van der Waals surface area contributed by atoms with E-state index in [0.717, 1.165) is 19.3 Å². The van der Waals surface area contributed by atoms with Gasteiger partial charge in [-0.3, -0.25) is 14.4 Å². The number of furan rings is 1. The predicted octanol–water partition coefficient (Wildman–Crippen LogP) is 0.821. The van der Waals surface area contributed by atoms with Crippen molar-refractivity contribution in [1.29, 1.82) is 0 Å². The number of carbonyl (C=O) groups excluding carboxylic acids is 3. The van der Waals surface area contributed by atoms with E-state index < -0.39 is 11.8 Å². The van der Waals surface area contributed by atoms with Gasteiger partial charge in [0, 0.05) is 6.04 Å². The molecule has 0 aromatic carbocycles. The third-order valence-electron chi connectivity index (χ3n) is 4.06. The summed E-state index contributed by atoms with van der Waals surface area (Å²) < 4.78 is 4.91. The van der Waals surface area contributed by atoms with Crippen molar-refractivity contribution in [3.8, 4) is 0 Å². The smallest absolute Gasteiger partial charge is 0.287 e. The second kappa shape index (κ2) is 8.36. The molecule has 3 N–H and O–H groups in total. The van der Waals surface area contributed by atoms with Crippen LogP contribution in [0.2, 0.25) is 0 Å². The van der Waals surface area contributed by atoms with Crippen molar-refractivity contribution in [1.82, 2.24) is 16.0 Å². The van der Waals surface area contributed by atoms with Crippen LogP contribution in [0, 0.1) is 5.92 Å². The van der Waals surface area contributed by atoms with Crippen LogP contribution in [0.25, 0.3) is 0 Å². The minimum Gasteiger partial charge on any atom is -0.459 e. The highest BCUT2D eigenvalue weighted by Crippen LogP contribution is 2.23. The first kappa shape index (κ1) is 17.1. The quantitative estimate of drug-likeness (QED) is 0.722. The van der Waals surface area contributed by atoms with Gasteiger partial charge in [0.2, 0.25) is 11.8 Å². The van der Waals surface area contributed by atoms with Crippen LogP contribution >= 0.6 is 0 Å². The van der Waals surface area contributed by atoms with Gasteiger partial charge in [-0.2, -0.15) is 0 Å². The van der Waals surface area contributed by atoms with Crippen LogP contribution in [0.5, 0.6) is 0 Å². The Balaban J connectivity index is 1.63. The van der Waals surface area contributed by atoms with Crippen molar-refractivity contribution in [2.45, 2.75) is 38.6 Å². The number of rotatable bonds is 6. The van der Waals surface area contributed by atoms with Crippen molar-refractivity contribution >= 4 is 17.7 Å². The van der Waals surface area contributed by atoms with Crippen LogP contribution in [0.4, 0.5) is 0 Å². The number of nitrogens with one attached hydrogen (secondary N) is 3. The van der Waals surface area contributed by atoms with E-state index in [1.165, 1.54) is 18.8 Å². The molecule has 0 radical (unpaired) electrons. The minimum atomic E-state index is -0.467. The summed E-state index contributed by atoms with van der Waals surface area (Å²) in [5.74, 6) is -0.477. The summed E-state index contributed by atoms with van der Waals surface area (Å²) in [6.07, 6.45) is 5.82. The first-order valence-electron chi connectivity index (χ1n) is 7.94. The van der Waals surface area contributed by atoms with E-state index in [1.807, 2.05) is 0 Å². The van der Waals surface area contributed by atoms with E-state index in [-0.39, 0.29) is 30.8 Å². The van der Waals surface area contributed by atoms with Gasteiger partial charge in [-0.15, -0.1) is 0 Å². The molecule has 23 heavy (non-hydrogen) atoms. The van der Waals surface area contributed by atoms with Gasteiger partial charge in [-0.1, -0.05) is 19.8 Å². The highest BCUT2D eigenvalue weighted by atomic mass is 16.3. The van der Waals surface area contributed by atoms with Crippen molar-refractivity contribution in [2.75, 3.05) is 13.1 Å². The van der Waals surface area contributed by atoms with Gasteiger partial charge in [0.15, 0.2) is 5.76 Å². The Bertz CT molecular complexity index is 542. The second-order valence-corrected chi connectivity index (χ2v) is 5.87. The van der Waals surface area contributed by atoms with Gasteiger partial charge in [0.05, 0.1) is 19.4 Å². The predicted molar refractivity (Wildman–Crippen MR) is 83.6 cm³/mol. The van der Waals surface area contributed by atoms with Crippen LogP contribution in [-0.2, 0) is 9.59 Å². The summed E-state index contributed by atoms with van der Waals surface area (Å²) >= 11 is 0. The molecule has 7 heteroatoms. The molecule has 2 atom stereocenters. The summed E-state index contributed by atoms with van der Waals surface area (Å²) in [7, 11) is 0. The molecule has 126 valence electrons. The monoisotopic (exact) mass is 321 g/mol. The number of amides is 3. The van der Waals surface area contributed by atoms with Gasteiger partial charge in [-0.25, -0.2) is 0 Å². The maximum Gasteiger partial charge on any atom is 0.287 e. The lowest BCUT2D eigenvalue weighted by Gasteiger charge is -2.29. The molecule has 3 amide bonds. The molecule has 7 nitrogen and oxygen atoms in total. The summed E-state index contributed by atoms with van der Waals surface area (Å²) in [5, 5.41) is 7.87. The minimum absolute atomic E-state index is 0.0846. The van der Waals surface area contributed by atoms with Gasteiger partial charge < -0.3 is 20.4 Å². The Labute approximate surface area is 135 Å². The fourth-order valence-electron chi connectivity index (χ4n) is 2.69. The van der Waals surface area contributed by atoms with Crippen LogP contribution in [-0.4, -0.2) is 36.9 Å². The molecule has 1 aliphatic rings. The Morgan fingerprint density at radius 2 is 1.87 bits per heavy atom. The highest BCUT2D eigenvalue weighted by molar-refractivity contribution is 5.94. The fourth-order valence-corrected chi connectivity index (χ4v) is 2.69. The van der Waals surface area contributed by atoms with Crippen molar-refractivity contribution in [2.24, 2.45) is 5.92 Å². The standard InChI is InChI=1S/C16H23N3O4/c1-11-5-2-3-6-12(11)19-15(21)10-17-14(20)9-18-16(22)13-7-4-8-23-13/h4,7-8,11-12H,2-3,5-6,9-10H2,1H3,(H,17,20)(H,18,22)(H,19,21)/t11-,12-/m1/s1. The molecule has 1 aromatic rings. The molecular weight excluding hydrogens is 298 g/mol. The van der Waals surface area contributed by atoms with E-state index in [9.17, 15) is 14.4 Å². The lowest BCUT2D eigenvalue weighted by molar-refractivity contribution is -0.126. The molecule has 1 aromatic heterocycles. The van der Waals surface area contributed by atoms with Gasteiger partial charge in [0.1, 0.15) is 0 Å². The molecule has 0 saturated heterocycles. The van der Waals surface area contributed by atoms with Crippen LogP contribution < -0.4 is 16.0 Å². The van der Waals surface area contributed by atoms with Crippen LogP contribution in [0.3, 0.4) is 0 Å². The summed E-state index contributed by atoms with van der Waals surface area (Å²) in [5.41, 5.74) is 0. The van der Waals surface area contributed by atoms with Crippen LogP contribution in [0.15, 0.2) is 22.8 Å². The third kappa shape index (κ3) is 5.43. The van der Waals surface area contributed by atoms with E-state index in [1.54, 1.807) is 6.07 Å². The van der Waals surface area contributed by atoms with E-state index >= 15 is 0 Å². The van der Waals surface area contributed by atoms with Crippen LogP contribution in [0.1, 0.15) is 43.2 Å². The molecular formula is C16H23N3O4. The van der Waals surface area contributed by atoms with Gasteiger partial charge in [-0.05, 0) is 30.9 Å². The number of carbonyl (C=O) groups is 3. The molecule has 0 bridgehead atoms. The normalized spacial score (nSPS) is 20.6. The SMILES string of the molecule is C[C@@H]1CCCC[C@H]1NC(=O)CNC(=O)CNC(=O)c1ccco1. The molecule has 1 fully saturated rings. The van der Waals surface area contributed by atoms with Crippen molar-refractivity contribution < 1.29 is 18.8 Å². The molecule has 1 aliphatic carbocycles.